The van der Waals surface area contributed by atoms with E-state index in [0.29, 0.717) is 29.4 Å². The molecule has 0 aromatic heterocycles. The highest BCUT2D eigenvalue weighted by atomic mass is 35.5. The van der Waals surface area contributed by atoms with E-state index in [1.54, 1.807) is 18.2 Å². The quantitative estimate of drug-likeness (QED) is 0.875. The number of rotatable bonds is 5. The van der Waals surface area contributed by atoms with Gasteiger partial charge in [0.1, 0.15) is 6.07 Å². The average molecular weight is 253 g/mol. The van der Waals surface area contributed by atoms with Crippen LogP contribution in [0.15, 0.2) is 18.2 Å². The van der Waals surface area contributed by atoms with Gasteiger partial charge in [0, 0.05) is 18.1 Å². The van der Waals surface area contributed by atoms with Crippen molar-refractivity contribution in [1.82, 2.24) is 0 Å². The zero-order valence-electron chi connectivity index (χ0n) is 9.48. The first-order valence-corrected chi connectivity index (χ1v) is 5.62. The van der Waals surface area contributed by atoms with E-state index in [9.17, 15) is 4.79 Å². The van der Waals surface area contributed by atoms with Gasteiger partial charge in [-0.1, -0.05) is 11.6 Å². The van der Waals surface area contributed by atoms with E-state index >= 15 is 0 Å². The number of carboxylic acid groups (broad SMARTS) is 1. The molecule has 1 aromatic carbocycles. The molecule has 0 aliphatic heterocycles. The van der Waals surface area contributed by atoms with Crippen LogP contribution in [0.1, 0.15) is 18.9 Å². The lowest BCUT2D eigenvalue weighted by Crippen LogP contribution is -2.26. The number of benzene rings is 1. The Bertz CT molecular complexity index is 454. The lowest BCUT2D eigenvalue weighted by Gasteiger charge is -2.23. The number of halogens is 1. The second-order valence-electron chi connectivity index (χ2n) is 3.50. The SMILES string of the molecule is CCN(CCC(=O)O)c1cc(Cl)ccc1C#N. The maximum Gasteiger partial charge on any atom is 0.305 e. The minimum absolute atomic E-state index is 0.0330. The summed E-state index contributed by atoms with van der Waals surface area (Å²) in [5, 5.41) is 18.2. The molecular formula is C12H13ClN2O2. The highest BCUT2D eigenvalue weighted by Crippen LogP contribution is 2.24. The van der Waals surface area contributed by atoms with E-state index in [0.717, 1.165) is 0 Å². The molecule has 1 rings (SSSR count). The predicted octanol–water partition coefficient (Wildman–Crippen LogP) is 2.51. The van der Waals surface area contributed by atoms with Gasteiger partial charge < -0.3 is 10.0 Å². The summed E-state index contributed by atoms with van der Waals surface area (Å²) in [7, 11) is 0. The summed E-state index contributed by atoms with van der Waals surface area (Å²) in [5.74, 6) is -0.857. The number of carboxylic acids is 1. The van der Waals surface area contributed by atoms with Crippen molar-refractivity contribution in [3.05, 3.63) is 28.8 Å². The second-order valence-corrected chi connectivity index (χ2v) is 3.93. The minimum Gasteiger partial charge on any atom is -0.481 e. The molecule has 0 saturated heterocycles. The molecule has 5 heteroatoms. The van der Waals surface area contributed by atoms with Crippen molar-refractivity contribution >= 4 is 23.3 Å². The summed E-state index contributed by atoms with van der Waals surface area (Å²) in [6.45, 7) is 2.90. The third-order valence-electron chi connectivity index (χ3n) is 2.40. The molecule has 4 nitrogen and oxygen atoms in total. The highest BCUT2D eigenvalue weighted by Gasteiger charge is 2.11. The fraction of sp³-hybridized carbons (Fsp3) is 0.333. The van der Waals surface area contributed by atoms with Crippen molar-refractivity contribution in [2.24, 2.45) is 0 Å². The molecule has 90 valence electrons. The summed E-state index contributed by atoms with van der Waals surface area (Å²) in [4.78, 5) is 12.4. The second kappa shape index (κ2) is 6.12. The van der Waals surface area contributed by atoms with Crippen LogP contribution >= 0.6 is 11.6 Å². The lowest BCUT2D eigenvalue weighted by atomic mass is 10.1. The minimum atomic E-state index is -0.857. The molecule has 1 aromatic rings. The van der Waals surface area contributed by atoms with E-state index in [1.807, 2.05) is 11.8 Å². The number of hydrogen-bond donors (Lipinski definition) is 1. The number of carbonyl (C=O) groups is 1. The number of anilines is 1. The van der Waals surface area contributed by atoms with Crippen molar-refractivity contribution < 1.29 is 9.90 Å². The first-order valence-electron chi connectivity index (χ1n) is 5.25. The van der Waals surface area contributed by atoms with Crippen LogP contribution in [0.25, 0.3) is 0 Å². The Balaban J connectivity index is 2.98. The molecule has 17 heavy (non-hydrogen) atoms. The summed E-state index contributed by atoms with van der Waals surface area (Å²) in [6.07, 6.45) is 0.0330. The molecule has 0 spiro atoms. The van der Waals surface area contributed by atoms with Crippen LogP contribution in [-0.4, -0.2) is 24.2 Å². The molecule has 0 aliphatic rings. The first-order chi connectivity index (χ1) is 8.08. The summed E-state index contributed by atoms with van der Waals surface area (Å²) < 4.78 is 0. The van der Waals surface area contributed by atoms with Crippen molar-refractivity contribution in [1.29, 1.82) is 5.26 Å². The van der Waals surface area contributed by atoms with E-state index in [-0.39, 0.29) is 6.42 Å². The Hall–Kier alpha value is -1.73. The molecule has 0 aliphatic carbocycles. The Morgan fingerprint density at radius 2 is 2.29 bits per heavy atom. The Labute approximate surface area is 105 Å². The average Bonchev–Trinajstić information content (AvgIpc) is 2.30. The maximum absolute atomic E-state index is 10.6. The van der Waals surface area contributed by atoms with Gasteiger partial charge in [0.25, 0.3) is 0 Å². The fourth-order valence-corrected chi connectivity index (χ4v) is 1.71. The van der Waals surface area contributed by atoms with E-state index < -0.39 is 5.97 Å². The van der Waals surface area contributed by atoms with Crippen LogP contribution in [0.5, 0.6) is 0 Å². The molecular weight excluding hydrogens is 240 g/mol. The molecule has 0 unspecified atom stereocenters. The van der Waals surface area contributed by atoms with E-state index in [1.165, 1.54) is 0 Å². The van der Waals surface area contributed by atoms with Gasteiger partial charge in [-0.2, -0.15) is 5.26 Å². The van der Waals surface area contributed by atoms with Gasteiger partial charge in [-0.05, 0) is 25.1 Å². The van der Waals surface area contributed by atoms with Crippen molar-refractivity contribution in [2.45, 2.75) is 13.3 Å². The Morgan fingerprint density at radius 3 is 2.82 bits per heavy atom. The molecule has 0 bridgehead atoms. The Kier molecular flexibility index (Phi) is 4.80. The lowest BCUT2D eigenvalue weighted by molar-refractivity contribution is -0.136. The van der Waals surface area contributed by atoms with Crippen LogP contribution in [0, 0.1) is 11.3 Å². The van der Waals surface area contributed by atoms with Crippen molar-refractivity contribution in [3.8, 4) is 6.07 Å². The normalized spacial score (nSPS) is 9.71. The first kappa shape index (κ1) is 13.3. The van der Waals surface area contributed by atoms with Crippen LogP contribution < -0.4 is 4.90 Å². The van der Waals surface area contributed by atoms with Crippen LogP contribution in [0.4, 0.5) is 5.69 Å². The fourth-order valence-electron chi connectivity index (χ4n) is 1.54. The number of nitrogens with zero attached hydrogens (tertiary/aromatic N) is 2. The van der Waals surface area contributed by atoms with Gasteiger partial charge in [0.05, 0.1) is 17.7 Å². The third kappa shape index (κ3) is 3.65. The summed E-state index contributed by atoms with van der Waals surface area (Å²) >= 11 is 5.89. The van der Waals surface area contributed by atoms with Crippen molar-refractivity contribution in [2.75, 3.05) is 18.0 Å². The van der Waals surface area contributed by atoms with Gasteiger partial charge >= 0.3 is 5.97 Å². The predicted molar refractivity (Wildman–Crippen MR) is 66.3 cm³/mol. The topological polar surface area (TPSA) is 64.3 Å². The van der Waals surface area contributed by atoms with Crippen LogP contribution in [0.3, 0.4) is 0 Å². The summed E-state index contributed by atoms with van der Waals surface area (Å²) in [5.41, 5.74) is 1.19. The highest BCUT2D eigenvalue weighted by molar-refractivity contribution is 6.30. The standard InChI is InChI=1S/C12H13ClN2O2/c1-2-15(6-5-12(16)17)11-7-10(13)4-3-9(11)8-14/h3-4,7H,2,5-6H2,1H3,(H,16,17). The zero-order chi connectivity index (χ0) is 12.8. The van der Waals surface area contributed by atoms with Gasteiger partial charge in [-0.25, -0.2) is 0 Å². The molecule has 0 saturated carbocycles. The molecule has 0 radical (unpaired) electrons. The Morgan fingerprint density at radius 1 is 1.59 bits per heavy atom. The summed E-state index contributed by atoms with van der Waals surface area (Å²) in [6, 6.07) is 7.05. The maximum atomic E-state index is 10.6. The number of nitriles is 1. The molecule has 0 amide bonds. The smallest absolute Gasteiger partial charge is 0.305 e. The third-order valence-corrected chi connectivity index (χ3v) is 2.63. The van der Waals surface area contributed by atoms with Gasteiger partial charge in [-0.3, -0.25) is 4.79 Å². The van der Waals surface area contributed by atoms with Gasteiger partial charge in [-0.15, -0.1) is 0 Å². The molecule has 1 N–H and O–H groups in total. The van der Waals surface area contributed by atoms with Gasteiger partial charge in [0.15, 0.2) is 0 Å². The molecule has 0 heterocycles. The number of aliphatic carboxylic acids is 1. The van der Waals surface area contributed by atoms with E-state index in [4.69, 9.17) is 22.0 Å². The van der Waals surface area contributed by atoms with Crippen molar-refractivity contribution in [3.63, 3.8) is 0 Å². The van der Waals surface area contributed by atoms with Crippen LogP contribution in [-0.2, 0) is 4.79 Å². The van der Waals surface area contributed by atoms with E-state index in [2.05, 4.69) is 6.07 Å². The monoisotopic (exact) mass is 252 g/mol. The molecule has 0 fully saturated rings. The van der Waals surface area contributed by atoms with Crippen LogP contribution in [0.2, 0.25) is 5.02 Å². The largest absolute Gasteiger partial charge is 0.481 e. The zero-order valence-corrected chi connectivity index (χ0v) is 10.2. The van der Waals surface area contributed by atoms with Gasteiger partial charge in [0.2, 0.25) is 0 Å². The molecule has 0 atom stereocenters. The number of hydrogen-bond acceptors (Lipinski definition) is 3.